The first-order valence-corrected chi connectivity index (χ1v) is 10.6. The second-order valence-corrected chi connectivity index (χ2v) is 8.44. The maximum atomic E-state index is 13.6. The van der Waals surface area contributed by atoms with Gasteiger partial charge in [-0.3, -0.25) is 4.79 Å². The van der Waals surface area contributed by atoms with E-state index in [4.69, 9.17) is 0 Å². The summed E-state index contributed by atoms with van der Waals surface area (Å²) in [5, 5.41) is 11.4. The van der Waals surface area contributed by atoms with Gasteiger partial charge in [0.2, 0.25) is 0 Å². The molecule has 12 heteroatoms. The molecule has 2 bridgehead atoms. The predicted molar refractivity (Wildman–Crippen MR) is 111 cm³/mol. The Morgan fingerprint density at radius 1 is 1.09 bits per heavy atom. The Morgan fingerprint density at radius 3 is 2.55 bits per heavy atom. The highest BCUT2D eigenvalue weighted by molar-refractivity contribution is 5.97. The summed E-state index contributed by atoms with van der Waals surface area (Å²) in [6, 6.07) is 1.50. The lowest BCUT2D eigenvalue weighted by atomic mass is 9.76. The van der Waals surface area contributed by atoms with Crippen molar-refractivity contribution in [3.05, 3.63) is 53.9 Å². The molecule has 0 aromatic carbocycles. The number of hydrogen-bond donors (Lipinski definition) is 1. The van der Waals surface area contributed by atoms with Crippen LogP contribution in [0.2, 0.25) is 0 Å². The van der Waals surface area contributed by atoms with E-state index in [2.05, 4.69) is 30.5 Å². The summed E-state index contributed by atoms with van der Waals surface area (Å²) in [5.41, 5.74) is 0.208. The van der Waals surface area contributed by atoms with Gasteiger partial charge >= 0.3 is 6.18 Å². The molecule has 0 radical (unpaired) electrons. The Labute approximate surface area is 187 Å². The van der Waals surface area contributed by atoms with Crippen LogP contribution >= 0.6 is 0 Å². The zero-order valence-corrected chi connectivity index (χ0v) is 17.7. The Hall–Kier alpha value is -3.57. The highest BCUT2D eigenvalue weighted by Crippen LogP contribution is 2.38. The van der Waals surface area contributed by atoms with Crippen molar-refractivity contribution in [3.8, 4) is 5.82 Å². The highest BCUT2D eigenvalue weighted by Gasteiger charge is 2.44. The van der Waals surface area contributed by atoms with E-state index in [9.17, 15) is 18.0 Å². The molecule has 1 aliphatic carbocycles. The second kappa shape index (κ2) is 8.09. The van der Waals surface area contributed by atoms with Crippen LogP contribution in [0.5, 0.6) is 0 Å². The number of halogens is 3. The Balaban J connectivity index is 1.39. The van der Waals surface area contributed by atoms with Crippen LogP contribution in [-0.4, -0.2) is 59.4 Å². The molecular formula is C21H21F3N8O. The minimum absolute atomic E-state index is 0.134. The summed E-state index contributed by atoms with van der Waals surface area (Å²) in [5.74, 6) is 0.725. The summed E-state index contributed by atoms with van der Waals surface area (Å²) < 4.78 is 38.3. The van der Waals surface area contributed by atoms with Crippen molar-refractivity contribution in [2.24, 2.45) is 5.92 Å². The summed E-state index contributed by atoms with van der Waals surface area (Å²) in [6.07, 6.45) is 4.54. The van der Waals surface area contributed by atoms with Gasteiger partial charge < -0.3 is 10.2 Å². The lowest BCUT2D eigenvalue weighted by molar-refractivity contribution is -0.141. The van der Waals surface area contributed by atoms with Crippen LogP contribution in [0.25, 0.3) is 5.82 Å². The van der Waals surface area contributed by atoms with E-state index in [0.717, 1.165) is 31.0 Å². The monoisotopic (exact) mass is 458 g/mol. The lowest BCUT2D eigenvalue weighted by Gasteiger charge is -2.50. The van der Waals surface area contributed by atoms with E-state index < -0.39 is 11.9 Å². The van der Waals surface area contributed by atoms with Crippen LogP contribution in [0.4, 0.5) is 19.0 Å². The zero-order chi connectivity index (χ0) is 23.2. The third-order valence-corrected chi connectivity index (χ3v) is 6.16. The fourth-order valence-electron chi connectivity index (χ4n) is 4.68. The van der Waals surface area contributed by atoms with Crippen LogP contribution in [0.15, 0.2) is 37.1 Å². The number of nitrogens with one attached hydrogen (secondary N) is 1. The number of aromatic nitrogens is 6. The standard InChI is InChI=1S/C21H21F3N8O/c1-12-6-14(19(27-8-12)32-28-4-5-29-32)20(33)31-11-13-2-3-16(31)15(7-13)30-18-10-25-17(9-26-18)21(22,23)24/h4-6,8-10,13,15-16H,2-3,7,11H2,1H3,(H,26,30)/t13-,15-,16+/m1/s1. The molecule has 3 aromatic rings. The average molecular weight is 458 g/mol. The second-order valence-electron chi connectivity index (χ2n) is 8.44. The number of amides is 1. The summed E-state index contributed by atoms with van der Waals surface area (Å²) in [6.45, 7) is 2.47. The van der Waals surface area contributed by atoms with Gasteiger partial charge in [-0.2, -0.15) is 23.4 Å². The Morgan fingerprint density at radius 2 is 1.88 bits per heavy atom. The number of alkyl halides is 3. The molecule has 5 heterocycles. The van der Waals surface area contributed by atoms with Crippen LogP contribution < -0.4 is 5.32 Å². The maximum Gasteiger partial charge on any atom is 0.434 e. The molecule has 6 rings (SSSR count). The van der Waals surface area contributed by atoms with E-state index in [1.54, 1.807) is 12.3 Å². The molecule has 1 N–H and O–H groups in total. The lowest BCUT2D eigenvalue weighted by Crippen LogP contribution is -2.60. The van der Waals surface area contributed by atoms with Crippen LogP contribution in [0.1, 0.15) is 40.9 Å². The number of fused-ring (bicyclic) bond motifs is 3. The number of anilines is 1. The largest absolute Gasteiger partial charge is 0.434 e. The predicted octanol–water partition coefficient (Wildman–Crippen LogP) is 2.88. The molecule has 33 heavy (non-hydrogen) atoms. The maximum absolute atomic E-state index is 13.6. The van der Waals surface area contributed by atoms with Crippen molar-refractivity contribution >= 4 is 11.7 Å². The van der Waals surface area contributed by atoms with Gasteiger partial charge in [-0.25, -0.2) is 15.0 Å². The Kier molecular flexibility index (Phi) is 5.22. The molecule has 3 aliphatic rings. The van der Waals surface area contributed by atoms with Crippen molar-refractivity contribution in [2.45, 2.75) is 44.4 Å². The molecule has 172 valence electrons. The molecule has 0 spiro atoms. The number of carbonyl (C=O) groups is 1. The topological polar surface area (TPSA) is 102 Å². The number of rotatable bonds is 4. The van der Waals surface area contributed by atoms with Crippen molar-refractivity contribution < 1.29 is 18.0 Å². The summed E-state index contributed by atoms with van der Waals surface area (Å²) in [7, 11) is 0. The number of aryl methyl sites for hydroxylation is 1. The quantitative estimate of drug-likeness (QED) is 0.642. The third kappa shape index (κ3) is 4.12. The van der Waals surface area contributed by atoms with Gasteiger partial charge in [-0.05, 0) is 43.7 Å². The van der Waals surface area contributed by atoms with E-state index >= 15 is 0 Å². The van der Waals surface area contributed by atoms with Gasteiger partial charge in [-0.1, -0.05) is 0 Å². The molecule has 3 fully saturated rings. The molecule has 3 aromatic heterocycles. The number of pyridine rings is 1. The van der Waals surface area contributed by atoms with E-state index in [1.165, 1.54) is 17.2 Å². The smallest absolute Gasteiger partial charge is 0.364 e. The molecule has 3 atom stereocenters. The molecule has 1 saturated carbocycles. The SMILES string of the molecule is Cc1cnc(-n2nccn2)c(C(=O)N2C[C@@H]3CC[C@H]2[C@H](Nc2cnc(C(F)(F)F)cn2)C3)c1. The average Bonchev–Trinajstić information content (AvgIpc) is 3.33. The van der Waals surface area contributed by atoms with Crippen LogP contribution in [0, 0.1) is 12.8 Å². The molecule has 2 saturated heterocycles. The Bertz CT molecular complexity index is 1150. The minimum Gasteiger partial charge on any atom is -0.364 e. The number of hydrogen-bond acceptors (Lipinski definition) is 7. The first kappa shape index (κ1) is 21.3. The van der Waals surface area contributed by atoms with E-state index in [0.29, 0.717) is 24.1 Å². The van der Waals surface area contributed by atoms with Gasteiger partial charge in [0, 0.05) is 18.8 Å². The number of carbonyl (C=O) groups excluding carboxylic acids is 1. The molecule has 9 nitrogen and oxygen atoms in total. The molecule has 2 aliphatic heterocycles. The molecular weight excluding hydrogens is 437 g/mol. The van der Waals surface area contributed by atoms with Crippen molar-refractivity contribution in [1.29, 1.82) is 0 Å². The third-order valence-electron chi connectivity index (χ3n) is 6.16. The van der Waals surface area contributed by atoms with Crippen LogP contribution in [0.3, 0.4) is 0 Å². The molecule has 1 amide bonds. The van der Waals surface area contributed by atoms with E-state index in [1.807, 2.05) is 11.8 Å². The fraction of sp³-hybridized carbons (Fsp3) is 0.429. The van der Waals surface area contributed by atoms with E-state index in [-0.39, 0.29) is 29.7 Å². The zero-order valence-electron chi connectivity index (χ0n) is 17.7. The first-order chi connectivity index (χ1) is 15.8. The van der Waals surface area contributed by atoms with Crippen LogP contribution in [-0.2, 0) is 6.18 Å². The van der Waals surface area contributed by atoms with Gasteiger partial charge in [0.25, 0.3) is 5.91 Å². The fourth-order valence-corrected chi connectivity index (χ4v) is 4.68. The normalized spacial score (nSPS) is 22.4. The number of piperidine rings is 2. The highest BCUT2D eigenvalue weighted by atomic mass is 19.4. The van der Waals surface area contributed by atoms with Gasteiger partial charge in [0.15, 0.2) is 11.5 Å². The van der Waals surface area contributed by atoms with Gasteiger partial charge in [-0.15, -0.1) is 4.80 Å². The van der Waals surface area contributed by atoms with Crippen molar-refractivity contribution in [1.82, 2.24) is 34.8 Å². The first-order valence-electron chi connectivity index (χ1n) is 10.6. The van der Waals surface area contributed by atoms with Gasteiger partial charge in [0.1, 0.15) is 5.82 Å². The summed E-state index contributed by atoms with van der Waals surface area (Å²) in [4.78, 5) is 28.5. The van der Waals surface area contributed by atoms with Gasteiger partial charge in [0.05, 0.1) is 36.4 Å². The van der Waals surface area contributed by atoms with Crippen molar-refractivity contribution in [3.63, 3.8) is 0 Å². The molecule has 0 unspecified atom stereocenters. The summed E-state index contributed by atoms with van der Waals surface area (Å²) >= 11 is 0. The number of nitrogens with zero attached hydrogens (tertiary/aromatic N) is 7. The van der Waals surface area contributed by atoms with Crippen molar-refractivity contribution in [2.75, 3.05) is 11.9 Å². The minimum atomic E-state index is -4.54.